The van der Waals surface area contributed by atoms with Gasteiger partial charge in [-0.05, 0) is 221 Å². The first kappa shape index (κ1) is 144. The lowest BCUT2D eigenvalue weighted by atomic mass is 9.88. The zero-order chi connectivity index (χ0) is 102. The molecule has 129 heavy (non-hydrogen) atoms. The zero-order valence-corrected chi connectivity index (χ0v) is 95.5. The maximum Gasteiger partial charge on any atom is 0.220 e. The van der Waals surface area contributed by atoms with Crippen molar-refractivity contribution >= 4 is 16.8 Å². The molecule has 14 nitrogen and oxygen atoms in total. The van der Waals surface area contributed by atoms with E-state index in [2.05, 4.69) is 264 Å². The molecule has 1 aromatic carbocycles. The summed E-state index contributed by atoms with van der Waals surface area (Å²) in [4.78, 5) is 43.4. The number of aromatic amines is 4. The Balaban J connectivity index is -0.000000148. The number of benzene rings is 1. The fourth-order valence-electron chi connectivity index (χ4n) is 13.8. The van der Waals surface area contributed by atoms with E-state index in [1.807, 2.05) is 195 Å². The highest BCUT2D eigenvalue weighted by Crippen LogP contribution is 2.35. The van der Waals surface area contributed by atoms with Gasteiger partial charge in [0.15, 0.2) is 0 Å². The van der Waals surface area contributed by atoms with E-state index in [9.17, 15) is 4.79 Å². The van der Waals surface area contributed by atoms with Crippen LogP contribution in [0.25, 0.3) is 10.9 Å². The molecule has 2 atom stereocenters. The molecular formula is C115H233N11O3. The van der Waals surface area contributed by atoms with Crippen LogP contribution in [0.4, 0.5) is 0 Å². The average molecular weight is 1820 g/mol. The van der Waals surface area contributed by atoms with Gasteiger partial charge in [0.1, 0.15) is 5.82 Å². The van der Waals surface area contributed by atoms with Gasteiger partial charge in [-0.3, -0.25) is 14.7 Å². The number of likely N-dealkylation sites (tertiary alicyclic amines) is 2. The summed E-state index contributed by atoms with van der Waals surface area (Å²) in [7, 11) is 0. The molecule has 5 N–H and O–H groups in total. The molecule has 5 aliphatic heterocycles. The Kier molecular flexibility index (Phi) is 116. The number of morpholine rings is 1. The molecule has 0 spiro atoms. The van der Waals surface area contributed by atoms with Crippen LogP contribution >= 0.6 is 0 Å². The van der Waals surface area contributed by atoms with Crippen molar-refractivity contribution < 1.29 is 14.3 Å². The molecule has 1 aliphatic carbocycles. The highest BCUT2D eigenvalue weighted by Gasteiger charge is 2.26. The van der Waals surface area contributed by atoms with E-state index in [0.29, 0.717) is 34.6 Å². The lowest BCUT2D eigenvalue weighted by molar-refractivity contribution is -0.119. The second kappa shape index (κ2) is 103. The van der Waals surface area contributed by atoms with E-state index in [1.165, 1.54) is 138 Å². The quantitative estimate of drug-likeness (QED) is 0.0502. The molecule has 6 aliphatic rings. The number of fused-ring (bicyclic) bond motifs is 1. The fourth-order valence-corrected chi connectivity index (χ4v) is 13.8. The Morgan fingerprint density at radius 2 is 0.884 bits per heavy atom. The minimum Gasteiger partial charge on any atom is -0.381 e. The number of nitrogens with zero attached hydrogens (tertiary/aromatic N) is 6. The SMILES string of the molecule is CC.CC.CC.CC.CC.CC.CC.CC.CC.CC.CC.CC(C)(C)CC1CCC(=O)N1.CC(C)(C)Cc1cc[nH]c1.CC(C)CC1CC1.CC(C)CC1CCOC1.CC(C)CN1CCCC1.CC(C)CN1CCCCC1.CC(C)CN1CCOCC1.CC(C)Cc1ccc2ccccc2n1.CC(C)Cc1ccc[nH]1.CC(C)Cc1cnc[nH]1.CC(C)Cc1ncc[nH]1. The Labute approximate surface area is 809 Å². The van der Waals surface area contributed by atoms with Crippen molar-refractivity contribution in [2.45, 2.75) is 440 Å². The van der Waals surface area contributed by atoms with Crippen LogP contribution in [-0.2, 0) is 46.4 Å². The smallest absolute Gasteiger partial charge is 0.220 e. The summed E-state index contributed by atoms with van der Waals surface area (Å²) in [6.45, 7) is 113. The van der Waals surface area contributed by atoms with Gasteiger partial charge in [-0.1, -0.05) is 362 Å². The molecule has 766 valence electrons. The summed E-state index contributed by atoms with van der Waals surface area (Å²) in [6.07, 6.45) is 35.9. The number of hydrogen-bond donors (Lipinski definition) is 5. The molecule has 2 unspecified atom stereocenters. The Morgan fingerprint density at radius 1 is 0.419 bits per heavy atom. The number of amides is 1. The van der Waals surface area contributed by atoms with Crippen molar-refractivity contribution in [3.8, 4) is 0 Å². The fraction of sp³-hybridized carbons (Fsp3) is 0.791. The van der Waals surface area contributed by atoms with E-state index < -0.39 is 0 Å². The van der Waals surface area contributed by atoms with Crippen LogP contribution in [0, 0.1) is 75.9 Å². The molecule has 10 heterocycles. The number of aromatic nitrogens is 7. The number of nitrogens with one attached hydrogen (secondary N) is 5. The van der Waals surface area contributed by atoms with Gasteiger partial charge >= 0.3 is 0 Å². The van der Waals surface area contributed by atoms with Crippen LogP contribution in [0.3, 0.4) is 0 Å². The second-order valence-corrected chi connectivity index (χ2v) is 37.6. The summed E-state index contributed by atoms with van der Waals surface area (Å²) >= 11 is 0. The van der Waals surface area contributed by atoms with Crippen molar-refractivity contribution in [1.82, 2.24) is 54.9 Å². The van der Waals surface area contributed by atoms with Gasteiger partial charge in [0.05, 0.1) is 25.1 Å². The van der Waals surface area contributed by atoms with Crippen LogP contribution in [0.15, 0.2) is 98.1 Å². The highest BCUT2D eigenvalue weighted by atomic mass is 16.5. The minimum atomic E-state index is 0.222. The number of para-hydroxylation sites is 1. The second-order valence-electron chi connectivity index (χ2n) is 37.6. The van der Waals surface area contributed by atoms with Crippen molar-refractivity contribution in [2.75, 3.05) is 85.3 Å². The normalized spacial score (nSPS) is 15.0. The van der Waals surface area contributed by atoms with E-state index in [4.69, 9.17) is 9.47 Å². The zero-order valence-electron chi connectivity index (χ0n) is 95.5. The summed E-state index contributed by atoms with van der Waals surface area (Å²) in [6, 6.07) is 19.3. The van der Waals surface area contributed by atoms with Gasteiger partial charge in [-0.15, -0.1) is 0 Å². The molecule has 6 aromatic rings. The van der Waals surface area contributed by atoms with Gasteiger partial charge < -0.3 is 44.5 Å². The number of carbonyl (C=O) groups is 1. The monoisotopic (exact) mass is 1820 g/mol. The van der Waals surface area contributed by atoms with E-state index in [0.717, 1.165) is 150 Å². The van der Waals surface area contributed by atoms with Crippen molar-refractivity contribution in [3.63, 3.8) is 0 Å². The number of imidazole rings is 2. The topological polar surface area (TPSA) is 159 Å². The molecule has 6 fully saturated rings. The summed E-state index contributed by atoms with van der Waals surface area (Å²) in [5.41, 5.74) is 7.00. The molecule has 5 saturated heterocycles. The van der Waals surface area contributed by atoms with E-state index >= 15 is 0 Å². The van der Waals surface area contributed by atoms with Crippen molar-refractivity contribution in [2.24, 2.45) is 75.9 Å². The van der Waals surface area contributed by atoms with E-state index in [-0.39, 0.29) is 5.91 Å². The lowest BCUT2D eigenvalue weighted by Crippen LogP contribution is -2.38. The van der Waals surface area contributed by atoms with Crippen molar-refractivity contribution in [3.05, 3.63) is 127 Å². The van der Waals surface area contributed by atoms with Crippen LogP contribution in [0.5, 0.6) is 0 Å². The Morgan fingerprint density at radius 3 is 1.24 bits per heavy atom. The molecule has 0 radical (unpaired) electrons. The van der Waals surface area contributed by atoms with Crippen LogP contribution < -0.4 is 5.32 Å². The number of pyridine rings is 1. The third-order valence-electron chi connectivity index (χ3n) is 18.2. The first-order valence-electron chi connectivity index (χ1n) is 53.8. The molecule has 0 bridgehead atoms. The molecule has 1 amide bonds. The van der Waals surface area contributed by atoms with Gasteiger partial charge in [-0.2, -0.15) is 0 Å². The number of rotatable bonds is 20. The Bertz CT molecular complexity index is 2790. The largest absolute Gasteiger partial charge is 0.381 e. The highest BCUT2D eigenvalue weighted by molar-refractivity contribution is 5.78. The van der Waals surface area contributed by atoms with Crippen LogP contribution in [-0.4, -0.2) is 147 Å². The number of hydrogen-bond acceptors (Lipinski definition) is 9. The first-order chi connectivity index (χ1) is 61.6. The molecule has 1 saturated carbocycles. The Hall–Kier alpha value is -5.12. The van der Waals surface area contributed by atoms with Gasteiger partial charge in [0, 0.05) is 124 Å². The number of piperidine rings is 1. The third kappa shape index (κ3) is 105. The molecule has 14 heteroatoms. The number of ether oxygens (including phenoxy) is 2. The summed E-state index contributed by atoms with van der Waals surface area (Å²) in [5, 5.41) is 4.19. The number of carbonyl (C=O) groups excluding carboxylic acids is 1. The molecule has 5 aromatic heterocycles. The summed E-state index contributed by atoms with van der Waals surface area (Å²) < 4.78 is 10.5. The minimum absolute atomic E-state index is 0.222. The van der Waals surface area contributed by atoms with Gasteiger partial charge in [0.2, 0.25) is 5.91 Å². The van der Waals surface area contributed by atoms with E-state index in [1.54, 1.807) is 12.5 Å². The lowest BCUT2D eigenvalue weighted by Gasteiger charge is -2.27. The maximum atomic E-state index is 10.8. The first-order valence-corrected chi connectivity index (χ1v) is 53.8. The predicted octanol–water partition coefficient (Wildman–Crippen LogP) is 33.8. The van der Waals surface area contributed by atoms with Gasteiger partial charge in [0.25, 0.3) is 0 Å². The maximum absolute atomic E-state index is 10.8. The molecular weight excluding hydrogens is 1580 g/mol. The molecule has 12 rings (SSSR count). The predicted molar refractivity (Wildman–Crippen MR) is 586 cm³/mol. The van der Waals surface area contributed by atoms with Crippen LogP contribution in [0.2, 0.25) is 0 Å². The number of H-pyrrole nitrogens is 4. The third-order valence-corrected chi connectivity index (χ3v) is 18.2. The standard InChI is InChI=1S/C13H15N.C9H17NO.C9H15N.C9H19N.C8H17NO.C8H13N.C8H17N.C8H16O.2C7H12N2.C7H14.11C2H6/c1-10(2)9-12-8-7-11-5-3-4-6-13(11)14-12;1-9(2,3)6-7-4-5-8(11)10-7;1-9(2,3)6-8-4-5-10-7-8;1-9(2)8-10-6-4-3-5-7-10;1-8(2)7-9-3-5-10-6-4-9;1-7(2)6-8-4-3-5-9-8;1-8(2)7-9-5-3-4-6-9;1-7(2)5-8-3-4-9-6-8;1-6(2)3-7-4-8-5-9-7;1-6(2)5-7-8-3-4-9-7;1-6(2)5-7-3-4-7;11*1-2/h3-8,10H,9H2,1-2H3;7H,4-6H2,1-3H3,(H,10,11);4-5,7,10H,6H2,1-3H3;9H,3-8H2,1-2H3;8H,3-7H2,1-2H3;3-5,7,9H,6H2,1-2H3;8H,3-7H2,1-2H3;7-8H,3-6H2,1-2H3;4-6H,3H2,1-2H3,(H,8,9);3-4,6H,5H2,1-2H3,(H,8,9);6-7H,3-5H2,1-2H3;11*1-2H3. The average Bonchev–Trinajstić information content (AvgIpc) is 1.70. The van der Waals surface area contributed by atoms with Gasteiger partial charge in [-0.25, -0.2) is 9.97 Å². The van der Waals surface area contributed by atoms with Crippen molar-refractivity contribution in [1.29, 1.82) is 0 Å². The van der Waals surface area contributed by atoms with Crippen LogP contribution in [0.1, 0.15) is 430 Å². The summed E-state index contributed by atoms with van der Waals surface area (Å²) in [5.74, 6) is 10.4.